The van der Waals surface area contributed by atoms with Gasteiger partial charge in [-0.2, -0.15) is 0 Å². The fourth-order valence-corrected chi connectivity index (χ4v) is 4.92. The van der Waals surface area contributed by atoms with Crippen molar-refractivity contribution in [2.24, 2.45) is 0 Å². The Kier molecular flexibility index (Phi) is 3.77. The maximum Gasteiger partial charge on any atom is 0.241 e. The van der Waals surface area contributed by atoms with Gasteiger partial charge in [-0.25, -0.2) is 13.1 Å². The molecular formula is C15H18N2O2S2. The lowest BCUT2D eigenvalue weighted by Crippen LogP contribution is -2.30. The number of nitrogen functional groups attached to an aromatic ring is 1. The maximum atomic E-state index is 12.5. The van der Waals surface area contributed by atoms with Gasteiger partial charge < -0.3 is 5.73 Å². The summed E-state index contributed by atoms with van der Waals surface area (Å²) in [5, 5.41) is 2.03. The first-order valence-electron chi connectivity index (χ1n) is 6.92. The van der Waals surface area contributed by atoms with E-state index in [9.17, 15) is 8.42 Å². The largest absolute Gasteiger partial charge is 0.398 e. The summed E-state index contributed by atoms with van der Waals surface area (Å²) >= 11 is 1.70. The number of benzene rings is 1. The molecule has 0 aliphatic heterocycles. The van der Waals surface area contributed by atoms with Crippen LogP contribution < -0.4 is 10.5 Å². The highest BCUT2D eigenvalue weighted by atomic mass is 32.2. The average Bonchev–Trinajstić information content (AvgIpc) is 2.91. The van der Waals surface area contributed by atoms with Crippen LogP contribution in [0.15, 0.2) is 34.5 Å². The molecule has 0 saturated carbocycles. The zero-order chi connectivity index (χ0) is 15.0. The fraction of sp³-hybridized carbons (Fsp3) is 0.333. The van der Waals surface area contributed by atoms with Crippen LogP contribution in [0.3, 0.4) is 0 Å². The number of nitrogens with one attached hydrogen (secondary N) is 1. The van der Waals surface area contributed by atoms with Crippen LogP contribution in [-0.4, -0.2) is 8.42 Å². The fourth-order valence-electron chi connectivity index (χ4n) is 2.65. The first kappa shape index (κ1) is 14.6. The SMILES string of the molecule is Cc1ccc(S(=O)(=O)NC2CCCc3sccc32)cc1N. The topological polar surface area (TPSA) is 72.2 Å². The minimum atomic E-state index is -3.55. The standard InChI is InChI=1S/C15H18N2O2S2/c1-10-5-6-11(9-13(10)16)21(18,19)17-14-3-2-4-15-12(14)7-8-20-15/h5-9,14,17H,2-4,16H2,1H3. The van der Waals surface area contributed by atoms with Crippen LogP contribution >= 0.6 is 11.3 Å². The van der Waals surface area contributed by atoms with Crippen LogP contribution in [0.25, 0.3) is 0 Å². The Balaban J connectivity index is 1.89. The first-order chi connectivity index (χ1) is 9.97. The Morgan fingerprint density at radius 2 is 2.14 bits per heavy atom. The molecule has 0 bridgehead atoms. The molecule has 0 radical (unpaired) electrons. The van der Waals surface area contributed by atoms with Crippen molar-refractivity contribution < 1.29 is 8.42 Å². The van der Waals surface area contributed by atoms with E-state index in [4.69, 9.17) is 5.73 Å². The van der Waals surface area contributed by atoms with Crippen LogP contribution in [0.5, 0.6) is 0 Å². The van der Waals surface area contributed by atoms with Crippen molar-refractivity contribution in [3.8, 4) is 0 Å². The number of rotatable bonds is 3. The van der Waals surface area contributed by atoms with Gasteiger partial charge in [-0.1, -0.05) is 6.07 Å². The Bertz CT molecular complexity index is 766. The Hall–Kier alpha value is -1.37. The van der Waals surface area contributed by atoms with E-state index >= 15 is 0 Å². The Labute approximate surface area is 129 Å². The maximum absolute atomic E-state index is 12.5. The molecule has 0 spiro atoms. The molecule has 1 unspecified atom stereocenters. The van der Waals surface area contributed by atoms with Gasteiger partial charge in [0, 0.05) is 16.6 Å². The van der Waals surface area contributed by atoms with Crippen LogP contribution in [-0.2, 0) is 16.4 Å². The Morgan fingerprint density at radius 1 is 1.33 bits per heavy atom. The third-order valence-corrected chi connectivity index (χ3v) is 6.38. The molecule has 1 atom stereocenters. The molecule has 4 nitrogen and oxygen atoms in total. The van der Waals surface area contributed by atoms with Gasteiger partial charge in [0.05, 0.1) is 4.90 Å². The molecule has 0 fully saturated rings. The van der Waals surface area contributed by atoms with E-state index in [-0.39, 0.29) is 10.9 Å². The first-order valence-corrected chi connectivity index (χ1v) is 9.28. The molecule has 3 N–H and O–H groups in total. The second-order valence-electron chi connectivity index (χ2n) is 5.38. The summed E-state index contributed by atoms with van der Waals surface area (Å²) in [5.41, 5.74) is 8.32. The van der Waals surface area contributed by atoms with Crippen molar-refractivity contribution in [3.63, 3.8) is 0 Å². The number of thiophene rings is 1. The van der Waals surface area contributed by atoms with Crippen LogP contribution in [0.1, 0.15) is 34.9 Å². The van der Waals surface area contributed by atoms with Gasteiger partial charge >= 0.3 is 0 Å². The van der Waals surface area contributed by atoms with Crippen molar-refractivity contribution in [2.75, 3.05) is 5.73 Å². The Morgan fingerprint density at radius 3 is 2.90 bits per heavy atom. The van der Waals surface area contributed by atoms with E-state index in [1.807, 2.05) is 18.4 Å². The zero-order valence-electron chi connectivity index (χ0n) is 11.8. The molecule has 1 aromatic carbocycles. The van der Waals surface area contributed by atoms with Gasteiger partial charge in [-0.05, 0) is 60.9 Å². The van der Waals surface area contributed by atoms with Gasteiger partial charge in [0.15, 0.2) is 0 Å². The lowest BCUT2D eigenvalue weighted by Gasteiger charge is -2.23. The van der Waals surface area contributed by atoms with E-state index in [0.29, 0.717) is 5.69 Å². The van der Waals surface area contributed by atoms with Gasteiger partial charge in [0.1, 0.15) is 0 Å². The van der Waals surface area contributed by atoms with Gasteiger partial charge in [0.2, 0.25) is 10.0 Å². The second kappa shape index (κ2) is 5.44. The van der Waals surface area contributed by atoms with E-state index in [1.54, 1.807) is 23.5 Å². The third kappa shape index (κ3) is 2.84. The van der Waals surface area contributed by atoms with Gasteiger partial charge in [-0.3, -0.25) is 0 Å². The van der Waals surface area contributed by atoms with Crippen molar-refractivity contribution in [2.45, 2.75) is 37.1 Å². The molecule has 0 saturated heterocycles. The van der Waals surface area contributed by atoms with Gasteiger partial charge in [-0.15, -0.1) is 11.3 Å². The summed E-state index contributed by atoms with van der Waals surface area (Å²) in [5.74, 6) is 0. The van der Waals surface area contributed by atoms with Crippen LogP contribution in [0.4, 0.5) is 5.69 Å². The predicted molar refractivity (Wildman–Crippen MR) is 85.9 cm³/mol. The molecule has 6 heteroatoms. The normalized spacial score (nSPS) is 18.4. The number of anilines is 1. The lowest BCUT2D eigenvalue weighted by atomic mass is 9.95. The summed E-state index contributed by atoms with van der Waals surface area (Å²) in [6.07, 6.45) is 2.89. The molecule has 3 rings (SSSR count). The number of hydrogen-bond acceptors (Lipinski definition) is 4. The monoisotopic (exact) mass is 322 g/mol. The molecule has 1 heterocycles. The number of hydrogen-bond donors (Lipinski definition) is 2. The highest BCUT2D eigenvalue weighted by Gasteiger charge is 2.26. The minimum absolute atomic E-state index is 0.132. The summed E-state index contributed by atoms with van der Waals surface area (Å²) < 4.78 is 27.9. The zero-order valence-corrected chi connectivity index (χ0v) is 13.4. The highest BCUT2D eigenvalue weighted by Crippen LogP contribution is 2.34. The van der Waals surface area contributed by atoms with Crippen molar-refractivity contribution in [3.05, 3.63) is 45.6 Å². The second-order valence-corrected chi connectivity index (χ2v) is 8.10. The highest BCUT2D eigenvalue weighted by molar-refractivity contribution is 7.89. The average molecular weight is 322 g/mol. The molecular weight excluding hydrogens is 304 g/mol. The molecule has 1 aliphatic rings. The molecule has 2 aromatic rings. The predicted octanol–water partition coefficient (Wildman–Crippen LogP) is 2.99. The van der Waals surface area contributed by atoms with Gasteiger partial charge in [0.25, 0.3) is 0 Å². The summed E-state index contributed by atoms with van der Waals surface area (Å²) in [6.45, 7) is 1.86. The van der Waals surface area contributed by atoms with E-state index in [0.717, 1.165) is 30.4 Å². The van der Waals surface area contributed by atoms with Crippen molar-refractivity contribution in [1.82, 2.24) is 4.72 Å². The van der Waals surface area contributed by atoms with E-state index in [1.165, 1.54) is 10.9 Å². The van der Waals surface area contributed by atoms with Crippen LogP contribution in [0.2, 0.25) is 0 Å². The smallest absolute Gasteiger partial charge is 0.241 e. The molecule has 0 amide bonds. The number of fused-ring (bicyclic) bond motifs is 1. The summed E-state index contributed by atoms with van der Waals surface area (Å²) in [7, 11) is -3.55. The lowest BCUT2D eigenvalue weighted by molar-refractivity contribution is 0.511. The van der Waals surface area contributed by atoms with Crippen molar-refractivity contribution in [1.29, 1.82) is 0 Å². The summed E-state index contributed by atoms with van der Waals surface area (Å²) in [4.78, 5) is 1.52. The van der Waals surface area contributed by atoms with E-state index < -0.39 is 10.0 Å². The molecule has 112 valence electrons. The quantitative estimate of drug-likeness (QED) is 0.853. The molecule has 21 heavy (non-hydrogen) atoms. The minimum Gasteiger partial charge on any atom is -0.398 e. The van der Waals surface area contributed by atoms with Crippen LogP contribution in [0, 0.1) is 6.92 Å². The molecule has 1 aliphatic carbocycles. The third-order valence-electron chi connectivity index (χ3n) is 3.91. The number of nitrogens with two attached hydrogens (primary N) is 1. The molecule has 1 aromatic heterocycles. The number of sulfonamides is 1. The van der Waals surface area contributed by atoms with E-state index in [2.05, 4.69) is 4.72 Å². The number of aryl methyl sites for hydroxylation is 2. The van der Waals surface area contributed by atoms with Crippen molar-refractivity contribution >= 4 is 27.0 Å². The summed E-state index contributed by atoms with van der Waals surface area (Å²) in [6, 6.07) is 6.75.